The SMILES string of the molecule is Cc1cc(C(=O)OCC(=O)Nc2ncc(Cl)cc2Cl)ccc1[N+](=O)[O-]. The van der Waals surface area contributed by atoms with Gasteiger partial charge < -0.3 is 10.1 Å². The molecule has 0 radical (unpaired) electrons. The molecule has 2 rings (SSSR count). The minimum Gasteiger partial charge on any atom is -0.452 e. The molecule has 130 valence electrons. The van der Waals surface area contributed by atoms with Crippen LogP contribution in [0.4, 0.5) is 11.5 Å². The second-order valence-corrected chi connectivity index (χ2v) is 5.71. The van der Waals surface area contributed by atoms with E-state index in [1.807, 2.05) is 0 Å². The van der Waals surface area contributed by atoms with Crippen molar-refractivity contribution in [2.75, 3.05) is 11.9 Å². The molecule has 1 amide bonds. The highest BCUT2D eigenvalue weighted by atomic mass is 35.5. The maximum Gasteiger partial charge on any atom is 0.338 e. The number of benzene rings is 1. The summed E-state index contributed by atoms with van der Waals surface area (Å²) in [6.45, 7) is 0.922. The van der Waals surface area contributed by atoms with Crippen LogP contribution in [0.5, 0.6) is 0 Å². The number of aryl methyl sites for hydroxylation is 1. The van der Waals surface area contributed by atoms with Gasteiger partial charge in [-0.3, -0.25) is 14.9 Å². The van der Waals surface area contributed by atoms with Crippen LogP contribution >= 0.6 is 23.2 Å². The first-order valence-electron chi connectivity index (χ1n) is 6.81. The lowest BCUT2D eigenvalue weighted by Gasteiger charge is -2.08. The van der Waals surface area contributed by atoms with Gasteiger partial charge in [0, 0.05) is 17.8 Å². The van der Waals surface area contributed by atoms with Gasteiger partial charge in [-0.2, -0.15) is 0 Å². The molecule has 0 bridgehead atoms. The number of nitro groups is 1. The van der Waals surface area contributed by atoms with Crippen molar-refractivity contribution in [3.63, 3.8) is 0 Å². The van der Waals surface area contributed by atoms with Crippen molar-refractivity contribution in [1.29, 1.82) is 0 Å². The van der Waals surface area contributed by atoms with Crippen LogP contribution in [0.2, 0.25) is 10.0 Å². The van der Waals surface area contributed by atoms with Crippen LogP contribution in [0.1, 0.15) is 15.9 Å². The Hall–Kier alpha value is -2.71. The zero-order valence-corrected chi connectivity index (χ0v) is 14.3. The van der Waals surface area contributed by atoms with Crippen molar-refractivity contribution in [3.8, 4) is 0 Å². The molecule has 0 atom stereocenters. The topological polar surface area (TPSA) is 111 Å². The number of esters is 1. The highest BCUT2D eigenvalue weighted by molar-refractivity contribution is 6.36. The first-order valence-corrected chi connectivity index (χ1v) is 7.56. The van der Waals surface area contributed by atoms with E-state index in [-0.39, 0.29) is 22.1 Å². The summed E-state index contributed by atoms with van der Waals surface area (Å²) in [7, 11) is 0. The maximum absolute atomic E-state index is 11.9. The maximum atomic E-state index is 11.9. The summed E-state index contributed by atoms with van der Waals surface area (Å²) in [6.07, 6.45) is 1.30. The Kier molecular flexibility index (Phi) is 5.89. The molecule has 2 aromatic rings. The second kappa shape index (κ2) is 7.91. The number of nitrogens with one attached hydrogen (secondary N) is 1. The van der Waals surface area contributed by atoms with Gasteiger partial charge in [-0.1, -0.05) is 23.2 Å². The third kappa shape index (κ3) is 4.88. The van der Waals surface area contributed by atoms with Crippen LogP contribution in [-0.4, -0.2) is 28.4 Å². The summed E-state index contributed by atoms with van der Waals surface area (Å²) in [5, 5.41) is 13.6. The van der Waals surface area contributed by atoms with E-state index in [4.69, 9.17) is 27.9 Å². The van der Waals surface area contributed by atoms with Gasteiger partial charge in [0.25, 0.3) is 11.6 Å². The lowest BCUT2D eigenvalue weighted by Crippen LogP contribution is -2.21. The monoisotopic (exact) mass is 383 g/mol. The number of nitro benzene ring substituents is 1. The average Bonchev–Trinajstić information content (AvgIpc) is 2.54. The van der Waals surface area contributed by atoms with Crippen molar-refractivity contribution >= 4 is 46.6 Å². The van der Waals surface area contributed by atoms with Crippen LogP contribution in [0.25, 0.3) is 0 Å². The normalized spacial score (nSPS) is 10.2. The number of pyridine rings is 1. The third-order valence-corrected chi connectivity index (χ3v) is 3.52. The number of rotatable bonds is 5. The largest absolute Gasteiger partial charge is 0.452 e. The van der Waals surface area contributed by atoms with Crippen LogP contribution in [0.3, 0.4) is 0 Å². The van der Waals surface area contributed by atoms with E-state index in [2.05, 4.69) is 10.3 Å². The number of amides is 1. The molecule has 0 aliphatic carbocycles. The molecule has 0 aliphatic heterocycles. The zero-order chi connectivity index (χ0) is 18.6. The molecular weight excluding hydrogens is 373 g/mol. The van der Waals surface area contributed by atoms with E-state index < -0.39 is 23.4 Å². The Morgan fingerprint density at radius 3 is 2.64 bits per heavy atom. The molecule has 0 unspecified atom stereocenters. The van der Waals surface area contributed by atoms with Crippen LogP contribution in [-0.2, 0) is 9.53 Å². The summed E-state index contributed by atoms with van der Waals surface area (Å²) in [5.74, 6) is -1.36. The molecule has 0 saturated heterocycles. The summed E-state index contributed by atoms with van der Waals surface area (Å²) in [5.41, 5.74) is 0.289. The van der Waals surface area contributed by atoms with Gasteiger partial charge in [0.1, 0.15) is 0 Å². The predicted molar refractivity (Wildman–Crippen MR) is 91.0 cm³/mol. The summed E-state index contributed by atoms with van der Waals surface area (Å²) in [6, 6.07) is 5.17. The van der Waals surface area contributed by atoms with E-state index in [1.165, 1.54) is 37.4 Å². The van der Waals surface area contributed by atoms with Crippen molar-refractivity contribution in [1.82, 2.24) is 4.98 Å². The first-order chi connectivity index (χ1) is 11.8. The number of ether oxygens (including phenoxy) is 1. The van der Waals surface area contributed by atoms with Gasteiger partial charge in [0.05, 0.1) is 20.5 Å². The second-order valence-electron chi connectivity index (χ2n) is 4.87. The number of nitrogens with zero attached hydrogens (tertiary/aromatic N) is 2. The molecule has 0 spiro atoms. The number of carbonyl (C=O) groups excluding carboxylic acids is 2. The summed E-state index contributed by atoms with van der Waals surface area (Å²) in [4.78, 5) is 37.7. The molecule has 25 heavy (non-hydrogen) atoms. The number of hydrogen-bond donors (Lipinski definition) is 1. The molecule has 0 saturated carbocycles. The van der Waals surface area contributed by atoms with Crippen molar-refractivity contribution in [2.45, 2.75) is 6.92 Å². The van der Waals surface area contributed by atoms with Gasteiger partial charge >= 0.3 is 5.97 Å². The van der Waals surface area contributed by atoms with Crippen molar-refractivity contribution < 1.29 is 19.2 Å². The highest BCUT2D eigenvalue weighted by Crippen LogP contribution is 2.22. The third-order valence-electron chi connectivity index (χ3n) is 3.03. The fourth-order valence-electron chi connectivity index (χ4n) is 1.88. The zero-order valence-electron chi connectivity index (χ0n) is 12.8. The molecule has 1 aromatic carbocycles. The van der Waals surface area contributed by atoms with Gasteiger partial charge in [0.2, 0.25) is 0 Å². The van der Waals surface area contributed by atoms with E-state index >= 15 is 0 Å². The fourth-order valence-corrected chi connectivity index (χ4v) is 2.30. The number of hydrogen-bond acceptors (Lipinski definition) is 6. The van der Waals surface area contributed by atoms with Crippen LogP contribution in [0.15, 0.2) is 30.5 Å². The lowest BCUT2D eigenvalue weighted by molar-refractivity contribution is -0.385. The van der Waals surface area contributed by atoms with E-state index in [0.29, 0.717) is 10.6 Å². The van der Waals surface area contributed by atoms with Gasteiger partial charge in [-0.05, 0) is 25.1 Å². The van der Waals surface area contributed by atoms with Crippen molar-refractivity contribution in [2.24, 2.45) is 0 Å². The Bertz CT molecular complexity index is 857. The standard InChI is InChI=1S/C15H11Cl2N3O5/c1-8-4-9(2-3-12(8)20(23)24)15(22)25-7-13(21)19-14-11(17)5-10(16)6-18-14/h2-6H,7H2,1H3,(H,18,19,21). The summed E-state index contributed by atoms with van der Waals surface area (Å²) >= 11 is 11.6. The number of aromatic nitrogens is 1. The van der Waals surface area contributed by atoms with Gasteiger partial charge in [0.15, 0.2) is 12.4 Å². The quantitative estimate of drug-likeness (QED) is 0.481. The number of halogens is 2. The lowest BCUT2D eigenvalue weighted by atomic mass is 10.1. The molecular formula is C15H11Cl2N3O5. The Morgan fingerprint density at radius 2 is 2.04 bits per heavy atom. The molecule has 1 N–H and O–H groups in total. The van der Waals surface area contributed by atoms with Crippen molar-refractivity contribution in [3.05, 3.63) is 61.7 Å². The Labute approximate surface area is 151 Å². The average molecular weight is 384 g/mol. The van der Waals surface area contributed by atoms with Crippen LogP contribution in [0, 0.1) is 17.0 Å². The number of anilines is 1. The molecule has 8 nitrogen and oxygen atoms in total. The molecule has 1 heterocycles. The molecule has 1 aromatic heterocycles. The first kappa shape index (κ1) is 18.6. The molecule has 10 heteroatoms. The van der Waals surface area contributed by atoms with E-state index in [9.17, 15) is 19.7 Å². The summed E-state index contributed by atoms with van der Waals surface area (Å²) < 4.78 is 4.86. The van der Waals surface area contributed by atoms with E-state index in [0.717, 1.165) is 0 Å². The number of carbonyl (C=O) groups is 2. The fraction of sp³-hybridized carbons (Fsp3) is 0.133. The van der Waals surface area contributed by atoms with Crippen LogP contribution < -0.4 is 5.32 Å². The Morgan fingerprint density at radius 1 is 1.32 bits per heavy atom. The smallest absolute Gasteiger partial charge is 0.338 e. The van der Waals surface area contributed by atoms with Gasteiger partial charge in [-0.25, -0.2) is 9.78 Å². The minimum atomic E-state index is -0.789. The Balaban J connectivity index is 1.96. The molecule has 0 aliphatic rings. The van der Waals surface area contributed by atoms with Gasteiger partial charge in [-0.15, -0.1) is 0 Å². The highest BCUT2D eigenvalue weighted by Gasteiger charge is 2.16. The van der Waals surface area contributed by atoms with E-state index in [1.54, 1.807) is 0 Å². The predicted octanol–water partition coefficient (Wildman–Crippen LogP) is 3.40. The minimum absolute atomic E-state index is 0.0818. The molecule has 0 fully saturated rings.